The number of amides is 1. The first-order valence-electron chi connectivity index (χ1n) is 10.4. The van der Waals surface area contributed by atoms with Gasteiger partial charge in [0.2, 0.25) is 15.7 Å². The van der Waals surface area contributed by atoms with Gasteiger partial charge in [0.1, 0.15) is 5.82 Å². The van der Waals surface area contributed by atoms with E-state index in [0.717, 1.165) is 43.6 Å². The number of sulfone groups is 1. The van der Waals surface area contributed by atoms with E-state index < -0.39 is 22.3 Å². The lowest BCUT2D eigenvalue weighted by molar-refractivity contribution is -0.123. The Labute approximate surface area is 181 Å². The molecule has 9 heteroatoms. The van der Waals surface area contributed by atoms with Crippen LogP contribution in [-0.4, -0.2) is 44.6 Å². The highest BCUT2D eigenvalue weighted by molar-refractivity contribution is 7.91. The topological polar surface area (TPSA) is 108 Å². The van der Waals surface area contributed by atoms with Crippen molar-refractivity contribution >= 4 is 15.7 Å². The van der Waals surface area contributed by atoms with Crippen LogP contribution < -0.4 is 16.0 Å². The van der Waals surface area contributed by atoms with Crippen LogP contribution in [-0.2, 0) is 27.8 Å². The summed E-state index contributed by atoms with van der Waals surface area (Å²) < 4.78 is 39.4. The summed E-state index contributed by atoms with van der Waals surface area (Å²) in [5.74, 6) is -0.273. The number of rotatable bonds is 6. The number of piperidine rings is 1. The van der Waals surface area contributed by atoms with Gasteiger partial charge in [-0.3, -0.25) is 4.79 Å². The molecule has 4 N–H and O–H groups in total. The summed E-state index contributed by atoms with van der Waals surface area (Å²) in [5, 5.41) is 19.1. The van der Waals surface area contributed by atoms with Gasteiger partial charge < -0.3 is 21.1 Å². The van der Waals surface area contributed by atoms with Gasteiger partial charge in [0.05, 0.1) is 22.4 Å². The van der Waals surface area contributed by atoms with Gasteiger partial charge in [-0.15, -0.1) is 0 Å². The molecule has 0 radical (unpaired) electrons. The van der Waals surface area contributed by atoms with E-state index in [1.807, 2.05) is 0 Å². The molecular formula is C22H26FN3O4S. The first-order chi connectivity index (χ1) is 14.9. The SMILES string of the molecule is O=C(NCc1ccc(S(=O)(=O)c2cc(F)ccc2CO)cc1)C1CC2CNCCC2N1. The summed E-state index contributed by atoms with van der Waals surface area (Å²) in [6.07, 6.45) is 1.83. The van der Waals surface area contributed by atoms with Gasteiger partial charge >= 0.3 is 0 Å². The first-order valence-corrected chi connectivity index (χ1v) is 11.8. The molecule has 2 aromatic carbocycles. The molecular weight excluding hydrogens is 421 g/mol. The summed E-state index contributed by atoms with van der Waals surface area (Å²) in [6, 6.07) is 9.56. The Kier molecular flexibility index (Phi) is 6.38. The highest BCUT2D eigenvalue weighted by Crippen LogP contribution is 2.26. The van der Waals surface area contributed by atoms with Gasteiger partial charge in [-0.05, 0) is 67.2 Å². The van der Waals surface area contributed by atoms with E-state index in [-0.39, 0.29) is 33.8 Å². The number of nitrogens with one attached hydrogen (secondary N) is 3. The summed E-state index contributed by atoms with van der Waals surface area (Å²) in [4.78, 5) is 12.3. The largest absolute Gasteiger partial charge is 0.392 e. The van der Waals surface area contributed by atoms with E-state index in [4.69, 9.17) is 0 Å². The van der Waals surface area contributed by atoms with E-state index in [0.29, 0.717) is 12.0 Å². The highest BCUT2D eigenvalue weighted by Gasteiger charge is 2.38. The van der Waals surface area contributed by atoms with Crippen LogP contribution in [0.25, 0.3) is 0 Å². The maximum Gasteiger partial charge on any atom is 0.237 e. The van der Waals surface area contributed by atoms with Gasteiger partial charge in [0.15, 0.2) is 0 Å². The predicted molar refractivity (Wildman–Crippen MR) is 112 cm³/mol. The van der Waals surface area contributed by atoms with Gasteiger partial charge in [-0.2, -0.15) is 0 Å². The minimum absolute atomic E-state index is 0.00286. The second-order valence-electron chi connectivity index (χ2n) is 8.09. The van der Waals surface area contributed by atoms with Crippen molar-refractivity contribution in [3.8, 4) is 0 Å². The number of aliphatic hydroxyl groups is 1. The van der Waals surface area contributed by atoms with Crippen molar-refractivity contribution in [2.45, 2.75) is 47.9 Å². The summed E-state index contributed by atoms with van der Waals surface area (Å²) in [6.45, 7) is 1.67. The van der Waals surface area contributed by atoms with E-state index in [9.17, 15) is 22.7 Å². The molecule has 2 heterocycles. The Bertz CT molecular complexity index is 1040. The number of benzene rings is 2. The number of halogens is 1. The Hall–Kier alpha value is -2.33. The van der Waals surface area contributed by atoms with Crippen molar-refractivity contribution in [3.05, 3.63) is 59.4 Å². The van der Waals surface area contributed by atoms with E-state index >= 15 is 0 Å². The monoisotopic (exact) mass is 447 g/mol. The van der Waals surface area contributed by atoms with Crippen LogP contribution >= 0.6 is 0 Å². The maximum atomic E-state index is 13.6. The predicted octanol–water partition coefficient (Wildman–Crippen LogP) is 1.11. The highest BCUT2D eigenvalue weighted by atomic mass is 32.2. The number of fused-ring (bicyclic) bond motifs is 1. The third-order valence-electron chi connectivity index (χ3n) is 6.07. The van der Waals surface area contributed by atoms with Crippen molar-refractivity contribution in [1.82, 2.24) is 16.0 Å². The molecule has 2 aliphatic heterocycles. The van der Waals surface area contributed by atoms with Crippen LogP contribution in [0.5, 0.6) is 0 Å². The van der Waals surface area contributed by atoms with Gasteiger partial charge in [0.25, 0.3) is 0 Å². The Morgan fingerprint density at radius 3 is 2.68 bits per heavy atom. The molecule has 1 amide bonds. The van der Waals surface area contributed by atoms with Crippen molar-refractivity contribution in [2.75, 3.05) is 13.1 Å². The molecule has 0 aromatic heterocycles. The Morgan fingerprint density at radius 1 is 1.19 bits per heavy atom. The third kappa shape index (κ3) is 4.64. The Morgan fingerprint density at radius 2 is 1.97 bits per heavy atom. The zero-order valence-electron chi connectivity index (χ0n) is 17.0. The van der Waals surface area contributed by atoms with Crippen molar-refractivity contribution in [3.63, 3.8) is 0 Å². The van der Waals surface area contributed by atoms with Gasteiger partial charge in [-0.1, -0.05) is 18.2 Å². The lowest BCUT2D eigenvalue weighted by Gasteiger charge is -2.25. The lowest BCUT2D eigenvalue weighted by Crippen LogP contribution is -2.45. The van der Waals surface area contributed by atoms with Crippen molar-refractivity contribution in [1.29, 1.82) is 0 Å². The van der Waals surface area contributed by atoms with E-state index in [1.54, 1.807) is 12.1 Å². The zero-order chi connectivity index (χ0) is 22.0. The van der Waals surface area contributed by atoms with Crippen LogP contribution in [0.4, 0.5) is 4.39 Å². The normalized spacial score (nSPS) is 23.4. The molecule has 0 spiro atoms. The van der Waals surface area contributed by atoms with Crippen LogP contribution in [0.2, 0.25) is 0 Å². The number of hydrogen-bond acceptors (Lipinski definition) is 6. The average Bonchev–Trinajstić information content (AvgIpc) is 3.22. The molecule has 2 aliphatic rings. The fourth-order valence-corrected chi connectivity index (χ4v) is 5.83. The molecule has 166 valence electrons. The molecule has 2 aromatic rings. The number of hydrogen-bond donors (Lipinski definition) is 4. The molecule has 7 nitrogen and oxygen atoms in total. The van der Waals surface area contributed by atoms with Crippen LogP contribution in [0, 0.1) is 11.7 Å². The van der Waals surface area contributed by atoms with Crippen LogP contribution in [0.1, 0.15) is 24.0 Å². The zero-order valence-corrected chi connectivity index (χ0v) is 17.8. The van der Waals surface area contributed by atoms with Crippen LogP contribution in [0.3, 0.4) is 0 Å². The molecule has 0 bridgehead atoms. The molecule has 2 fully saturated rings. The summed E-state index contributed by atoms with van der Waals surface area (Å²) >= 11 is 0. The van der Waals surface area contributed by atoms with E-state index in [2.05, 4.69) is 16.0 Å². The molecule has 3 atom stereocenters. The van der Waals surface area contributed by atoms with Crippen molar-refractivity contribution < 1.29 is 22.7 Å². The van der Waals surface area contributed by atoms with Crippen LogP contribution in [0.15, 0.2) is 52.3 Å². The molecule has 0 aliphatic carbocycles. The third-order valence-corrected chi connectivity index (χ3v) is 7.92. The lowest BCUT2D eigenvalue weighted by atomic mass is 9.94. The first kappa shape index (κ1) is 21.9. The average molecular weight is 448 g/mol. The van der Waals surface area contributed by atoms with Gasteiger partial charge in [0, 0.05) is 12.6 Å². The molecule has 3 unspecified atom stereocenters. The standard InChI is InChI=1S/C22H26FN3O4S/c23-17-4-3-15(13-27)21(10-17)31(29,30)18-5-1-14(2-6-18)11-25-22(28)20-9-16-12-24-8-7-19(16)26-20/h1-6,10,16,19-20,24,26-27H,7-9,11-13H2,(H,25,28). The Balaban J connectivity index is 1.40. The molecule has 0 saturated carbocycles. The van der Waals surface area contributed by atoms with Gasteiger partial charge in [-0.25, -0.2) is 12.8 Å². The summed E-state index contributed by atoms with van der Waals surface area (Å²) in [7, 11) is -3.98. The summed E-state index contributed by atoms with van der Waals surface area (Å²) in [5.41, 5.74) is 0.892. The minimum Gasteiger partial charge on any atom is -0.392 e. The number of carbonyl (C=O) groups is 1. The second kappa shape index (κ2) is 9.04. The number of carbonyl (C=O) groups excluding carboxylic acids is 1. The molecule has 2 saturated heterocycles. The fourth-order valence-electron chi connectivity index (χ4n) is 4.34. The van der Waals surface area contributed by atoms with Crippen molar-refractivity contribution in [2.24, 2.45) is 5.92 Å². The molecule has 31 heavy (non-hydrogen) atoms. The number of aliphatic hydroxyl groups excluding tert-OH is 1. The maximum absolute atomic E-state index is 13.6. The quantitative estimate of drug-likeness (QED) is 0.529. The minimum atomic E-state index is -3.98. The second-order valence-corrected chi connectivity index (χ2v) is 10.0. The van der Waals surface area contributed by atoms with E-state index in [1.165, 1.54) is 18.2 Å². The smallest absolute Gasteiger partial charge is 0.237 e. The fraction of sp³-hybridized carbons (Fsp3) is 0.409. The molecule has 4 rings (SSSR count).